The third kappa shape index (κ3) is 4.67. The first-order valence-corrected chi connectivity index (χ1v) is 11.6. The van der Waals surface area contributed by atoms with E-state index in [0.29, 0.717) is 0 Å². The lowest BCUT2D eigenvalue weighted by atomic mass is 9.87. The average Bonchev–Trinajstić information content (AvgIpc) is 2.56. The first-order valence-electron chi connectivity index (χ1n) is 6.91. The van der Waals surface area contributed by atoms with E-state index in [1.165, 1.54) is 38.5 Å². The summed E-state index contributed by atoms with van der Waals surface area (Å²) in [6, 6.07) is 0. The van der Waals surface area contributed by atoms with E-state index < -0.39 is 8.32 Å². The first-order chi connectivity index (χ1) is 7.93. The van der Waals surface area contributed by atoms with Gasteiger partial charge in [0.25, 0.3) is 0 Å². The van der Waals surface area contributed by atoms with Gasteiger partial charge in [0.1, 0.15) is 0 Å². The van der Waals surface area contributed by atoms with Crippen LogP contribution in [0.2, 0.25) is 19.6 Å². The van der Waals surface area contributed by atoms with Crippen molar-refractivity contribution >= 4 is 30.9 Å². The summed E-state index contributed by atoms with van der Waals surface area (Å²) in [6.45, 7) is 9.21. The van der Waals surface area contributed by atoms with Gasteiger partial charge in [-0.2, -0.15) is 0 Å². The van der Waals surface area contributed by atoms with Crippen molar-refractivity contribution < 1.29 is 4.43 Å². The van der Waals surface area contributed by atoms with Crippen molar-refractivity contribution in [3.8, 4) is 0 Å². The van der Waals surface area contributed by atoms with E-state index in [-0.39, 0.29) is 5.60 Å². The Kier molecular flexibility index (Phi) is 6.20. The summed E-state index contributed by atoms with van der Waals surface area (Å²) >= 11 is 2.34. The predicted octanol–water partition coefficient (Wildman–Crippen LogP) is 5.52. The van der Waals surface area contributed by atoms with Gasteiger partial charge in [0.2, 0.25) is 0 Å². The highest BCUT2D eigenvalue weighted by Gasteiger charge is 2.43. The molecule has 1 saturated carbocycles. The summed E-state index contributed by atoms with van der Waals surface area (Å²) in [5.74, 6) is 0.750. The molecule has 0 N–H and O–H groups in total. The van der Waals surface area contributed by atoms with Crippen LogP contribution in [-0.4, -0.2) is 13.9 Å². The van der Waals surface area contributed by atoms with E-state index in [9.17, 15) is 0 Å². The summed E-state index contributed by atoms with van der Waals surface area (Å²) in [5, 5.41) is 0. The molecule has 0 heterocycles. The zero-order chi connectivity index (χ0) is 12.9. The Morgan fingerprint density at radius 2 is 2.12 bits per heavy atom. The lowest BCUT2D eigenvalue weighted by Gasteiger charge is -2.38. The van der Waals surface area contributed by atoms with Crippen molar-refractivity contribution in [3.63, 3.8) is 0 Å². The summed E-state index contributed by atoms with van der Waals surface area (Å²) < 4.78 is 8.75. The molecule has 0 saturated heterocycles. The standard InChI is InChI=1S/C14H27IOSi/c1-5-6-8-13-9-7-10-14(13,11-12-15)16-17(2,3)4/h11-13H,5-10H2,1-4H3/t13-,14+/m1/s1. The van der Waals surface area contributed by atoms with Crippen LogP contribution in [0.4, 0.5) is 0 Å². The second kappa shape index (κ2) is 6.71. The third-order valence-electron chi connectivity index (χ3n) is 3.56. The van der Waals surface area contributed by atoms with Crippen molar-refractivity contribution in [2.24, 2.45) is 5.92 Å². The van der Waals surface area contributed by atoms with Crippen molar-refractivity contribution in [1.82, 2.24) is 0 Å². The van der Waals surface area contributed by atoms with Gasteiger partial charge in [-0.05, 0) is 61.4 Å². The van der Waals surface area contributed by atoms with E-state index in [0.717, 1.165) is 5.92 Å². The molecule has 17 heavy (non-hydrogen) atoms. The molecule has 0 aromatic carbocycles. The lowest BCUT2D eigenvalue weighted by Crippen LogP contribution is -2.44. The van der Waals surface area contributed by atoms with Crippen molar-refractivity contribution in [2.75, 3.05) is 0 Å². The minimum Gasteiger partial charge on any atom is -0.408 e. The zero-order valence-corrected chi connectivity index (χ0v) is 14.9. The Morgan fingerprint density at radius 3 is 2.65 bits per heavy atom. The molecule has 0 aromatic heterocycles. The highest BCUT2D eigenvalue weighted by molar-refractivity contribution is 14.1. The number of hydrogen-bond donors (Lipinski definition) is 0. The van der Waals surface area contributed by atoms with Crippen molar-refractivity contribution in [2.45, 2.75) is 70.7 Å². The quantitative estimate of drug-likeness (QED) is 0.445. The maximum Gasteiger partial charge on any atom is 0.184 e. The van der Waals surface area contributed by atoms with E-state index >= 15 is 0 Å². The average molecular weight is 366 g/mol. The molecule has 1 aliphatic carbocycles. The Morgan fingerprint density at radius 1 is 1.41 bits per heavy atom. The molecule has 0 spiro atoms. The molecule has 0 unspecified atom stereocenters. The summed E-state index contributed by atoms with van der Waals surface area (Å²) in [5.41, 5.74) is 0.0703. The number of rotatable bonds is 6. The fraction of sp³-hybridized carbons (Fsp3) is 0.857. The lowest BCUT2D eigenvalue weighted by molar-refractivity contribution is 0.0655. The second-order valence-electron chi connectivity index (χ2n) is 6.19. The smallest absolute Gasteiger partial charge is 0.184 e. The number of hydrogen-bond acceptors (Lipinski definition) is 1. The molecule has 0 amide bonds. The van der Waals surface area contributed by atoms with E-state index in [1.807, 2.05) is 0 Å². The molecular weight excluding hydrogens is 339 g/mol. The van der Waals surface area contributed by atoms with E-state index in [1.54, 1.807) is 0 Å². The minimum atomic E-state index is -1.47. The highest BCUT2D eigenvalue weighted by atomic mass is 127. The van der Waals surface area contributed by atoms with Crippen LogP contribution in [-0.2, 0) is 4.43 Å². The van der Waals surface area contributed by atoms with E-state index in [4.69, 9.17) is 4.43 Å². The molecule has 0 bridgehead atoms. The highest BCUT2D eigenvalue weighted by Crippen LogP contribution is 2.44. The third-order valence-corrected chi connectivity index (χ3v) is 4.91. The number of halogens is 1. The van der Waals surface area contributed by atoms with Gasteiger partial charge in [-0.25, -0.2) is 0 Å². The summed E-state index contributed by atoms with van der Waals surface area (Å²) in [7, 11) is -1.47. The molecule has 100 valence electrons. The maximum absolute atomic E-state index is 6.58. The van der Waals surface area contributed by atoms with Gasteiger partial charge in [0.15, 0.2) is 8.32 Å². The molecule has 3 heteroatoms. The minimum absolute atomic E-state index is 0.0703. The van der Waals surface area contributed by atoms with Crippen LogP contribution in [0.25, 0.3) is 0 Å². The molecular formula is C14H27IOSi. The fourth-order valence-corrected chi connectivity index (χ4v) is 5.06. The topological polar surface area (TPSA) is 9.23 Å². The monoisotopic (exact) mass is 366 g/mol. The fourth-order valence-electron chi connectivity index (χ4n) is 2.98. The zero-order valence-electron chi connectivity index (χ0n) is 11.8. The maximum atomic E-state index is 6.58. The molecule has 0 aliphatic heterocycles. The van der Waals surface area contributed by atoms with Crippen molar-refractivity contribution in [1.29, 1.82) is 0 Å². The van der Waals surface area contributed by atoms with Gasteiger partial charge in [0, 0.05) is 0 Å². The van der Waals surface area contributed by atoms with Crippen LogP contribution in [0.3, 0.4) is 0 Å². The van der Waals surface area contributed by atoms with Crippen LogP contribution in [0, 0.1) is 5.92 Å². The molecule has 1 nitrogen and oxygen atoms in total. The number of unbranched alkanes of at least 4 members (excludes halogenated alkanes) is 1. The molecule has 1 rings (SSSR count). The summed E-state index contributed by atoms with van der Waals surface area (Å²) in [4.78, 5) is 0. The first kappa shape index (κ1) is 15.7. The Balaban J connectivity index is 2.81. The summed E-state index contributed by atoms with van der Waals surface area (Å²) in [6.07, 6.45) is 10.2. The predicted molar refractivity (Wildman–Crippen MR) is 87.2 cm³/mol. The molecule has 0 aromatic rings. The molecule has 1 aliphatic rings. The normalized spacial score (nSPS) is 30.3. The van der Waals surface area contributed by atoms with Crippen LogP contribution in [0.1, 0.15) is 45.4 Å². The Hall–Kier alpha value is 0.647. The largest absolute Gasteiger partial charge is 0.408 e. The van der Waals surface area contributed by atoms with E-state index in [2.05, 4.69) is 59.3 Å². The van der Waals surface area contributed by atoms with Gasteiger partial charge < -0.3 is 4.43 Å². The Labute approximate surface area is 122 Å². The molecule has 2 atom stereocenters. The van der Waals surface area contributed by atoms with Crippen LogP contribution >= 0.6 is 22.6 Å². The van der Waals surface area contributed by atoms with Crippen LogP contribution < -0.4 is 0 Å². The van der Waals surface area contributed by atoms with Gasteiger partial charge in [-0.1, -0.05) is 42.4 Å². The molecule has 0 radical (unpaired) electrons. The van der Waals surface area contributed by atoms with Gasteiger partial charge in [-0.15, -0.1) is 0 Å². The van der Waals surface area contributed by atoms with Gasteiger partial charge >= 0.3 is 0 Å². The SMILES string of the molecule is CCCC[C@@H]1CCC[C@@]1(C=CI)O[Si](C)(C)C. The van der Waals surface area contributed by atoms with Gasteiger partial charge in [-0.3, -0.25) is 0 Å². The van der Waals surface area contributed by atoms with Crippen molar-refractivity contribution in [3.05, 3.63) is 10.2 Å². The van der Waals surface area contributed by atoms with Crippen LogP contribution in [0.15, 0.2) is 10.2 Å². The van der Waals surface area contributed by atoms with Crippen LogP contribution in [0.5, 0.6) is 0 Å². The second-order valence-corrected chi connectivity index (χ2v) is 11.3. The molecule has 1 fully saturated rings. The Bertz CT molecular complexity index is 259. The van der Waals surface area contributed by atoms with Gasteiger partial charge in [0.05, 0.1) is 5.60 Å².